The number of nitrogens with zero attached hydrogens (tertiary/aromatic N) is 2. The number of methoxy groups -OCH3 is 1. The predicted octanol–water partition coefficient (Wildman–Crippen LogP) is 1.35. The third-order valence-corrected chi connectivity index (χ3v) is 6.35. The number of anilines is 1. The lowest BCUT2D eigenvalue weighted by molar-refractivity contribution is 0.154. The molecule has 0 aliphatic carbocycles. The number of aromatic nitrogens is 1. The van der Waals surface area contributed by atoms with Crippen molar-refractivity contribution in [3.05, 3.63) is 23.3 Å². The average Bonchev–Trinajstić information content (AvgIpc) is 2.95. The van der Waals surface area contributed by atoms with Crippen molar-refractivity contribution in [3.63, 3.8) is 0 Å². The first kappa shape index (κ1) is 13.4. The highest BCUT2D eigenvalue weighted by Crippen LogP contribution is 2.33. The van der Waals surface area contributed by atoms with Gasteiger partial charge in [0.05, 0.1) is 0 Å². The van der Waals surface area contributed by atoms with E-state index in [1.807, 2.05) is 0 Å². The van der Waals surface area contributed by atoms with Crippen molar-refractivity contribution in [2.24, 2.45) is 0 Å². The van der Waals surface area contributed by atoms with Gasteiger partial charge in [-0.2, -0.15) is 0 Å². The highest BCUT2D eigenvalue weighted by molar-refractivity contribution is 8.15. The summed E-state index contributed by atoms with van der Waals surface area (Å²) in [6.07, 6.45) is 1.28. The molecular formula is C10H14N2O4S2. The van der Waals surface area contributed by atoms with Crippen molar-refractivity contribution in [3.8, 4) is 0 Å². The summed E-state index contributed by atoms with van der Waals surface area (Å²) >= 11 is 1.22. The average molecular weight is 290 g/mol. The van der Waals surface area contributed by atoms with Crippen LogP contribution >= 0.6 is 11.8 Å². The van der Waals surface area contributed by atoms with E-state index in [2.05, 4.69) is 5.16 Å². The minimum Gasteiger partial charge on any atom is -0.375 e. The molecule has 0 N–H and O–H groups in total. The van der Waals surface area contributed by atoms with Gasteiger partial charge in [0, 0.05) is 20.2 Å². The molecule has 2 unspecified atom stereocenters. The number of ether oxygens (including phenoxy) is 1. The Balaban J connectivity index is 2.26. The van der Waals surface area contributed by atoms with Crippen molar-refractivity contribution in [1.29, 1.82) is 0 Å². The van der Waals surface area contributed by atoms with Crippen LogP contribution in [0.2, 0.25) is 0 Å². The van der Waals surface area contributed by atoms with Gasteiger partial charge in [-0.05, 0) is 18.4 Å². The number of aryl methyl sites for hydroxylation is 1. The maximum Gasteiger partial charge on any atom is 0.251 e. The summed E-state index contributed by atoms with van der Waals surface area (Å²) < 4.78 is 35.3. The van der Waals surface area contributed by atoms with Crippen molar-refractivity contribution in [2.75, 3.05) is 18.5 Å². The molecule has 6 nitrogen and oxygen atoms in total. The van der Waals surface area contributed by atoms with E-state index in [0.29, 0.717) is 5.76 Å². The van der Waals surface area contributed by atoms with Crippen LogP contribution in [0.25, 0.3) is 0 Å². The molecule has 0 saturated heterocycles. The van der Waals surface area contributed by atoms with E-state index >= 15 is 0 Å². The van der Waals surface area contributed by atoms with Crippen molar-refractivity contribution >= 4 is 27.6 Å². The Kier molecular flexibility index (Phi) is 3.69. The van der Waals surface area contributed by atoms with E-state index in [1.54, 1.807) is 24.5 Å². The van der Waals surface area contributed by atoms with E-state index in [9.17, 15) is 8.42 Å². The second-order valence-electron chi connectivity index (χ2n) is 3.84. The predicted molar refractivity (Wildman–Crippen MR) is 69.9 cm³/mol. The maximum absolute atomic E-state index is 12.4. The van der Waals surface area contributed by atoms with E-state index in [1.165, 1.54) is 25.9 Å². The lowest BCUT2D eigenvalue weighted by Crippen LogP contribution is -2.39. The summed E-state index contributed by atoms with van der Waals surface area (Å²) in [6.45, 7) is 1.71. The standard InChI is InChI=1S/C10H14N2O4S2/c1-7-6-9(11-16-7)12(2)18(13,14)10-8(15-3)4-5-17-10/h4-6,8,10H,1-3H3. The fourth-order valence-corrected chi connectivity index (χ4v) is 4.68. The topological polar surface area (TPSA) is 72.6 Å². The summed E-state index contributed by atoms with van der Waals surface area (Å²) in [5, 5.41) is 5.44. The number of rotatable bonds is 4. The van der Waals surface area contributed by atoms with Crippen LogP contribution in [0.3, 0.4) is 0 Å². The Bertz CT molecular complexity index is 552. The molecule has 0 fully saturated rings. The van der Waals surface area contributed by atoms with Crippen LogP contribution in [0, 0.1) is 6.92 Å². The SMILES string of the molecule is COC1C=CSC1S(=O)(=O)N(C)c1cc(C)on1. The molecule has 0 aromatic carbocycles. The third-order valence-electron chi connectivity index (χ3n) is 2.63. The summed E-state index contributed by atoms with van der Waals surface area (Å²) in [4.78, 5) is 0. The summed E-state index contributed by atoms with van der Waals surface area (Å²) in [5.74, 6) is 0.836. The van der Waals surface area contributed by atoms with Crippen LogP contribution in [0.1, 0.15) is 5.76 Å². The van der Waals surface area contributed by atoms with Crippen LogP contribution in [0.5, 0.6) is 0 Å². The molecule has 1 aliphatic rings. The minimum atomic E-state index is -3.55. The lowest BCUT2D eigenvalue weighted by atomic mass is 10.4. The fourth-order valence-electron chi connectivity index (χ4n) is 1.59. The Morgan fingerprint density at radius 3 is 2.83 bits per heavy atom. The quantitative estimate of drug-likeness (QED) is 0.833. The fraction of sp³-hybridized carbons (Fsp3) is 0.500. The minimum absolute atomic E-state index is 0.273. The molecule has 2 heterocycles. The first-order valence-corrected chi connectivity index (χ1v) is 7.67. The maximum atomic E-state index is 12.4. The van der Waals surface area contributed by atoms with Crippen LogP contribution in [-0.2, 0) is 14.8 Å². The Morgan fingerprint density at radius 1 is 1.56 bits per heavy atom. The van der Waals surface area contributed by atoms with Gasteiger partial charge in [-0.3, -0.25) is 4.31 Å². The smallest absolute Gasteiger partial charge is 0.251 e. The second-order valence-corrected chi connectivity index (χ2v) is 7.28. The highest BCUT2D eigenvalue weighted by atomic mass is 32.3. The molecule has 2 rings (SSSR count). The van der Waals surface area contributed by atoms with Gasteiger partial charge >= 0.3 is 0 Å². The third kappa shape index (κ3) is 2.27. The van der Waals surface area contributed by atoms with Gasteiger partial charge < -0.3 is 9.26 Å². The van der Waals surface area contributed by atoms with Crippen LogP contribution in [-0.4, -0.2) is 38.4 Å². The molecule has 0 bridgehead atoms. The molecule has 1 aromatic rings. The Labute approximate surface area is 110 Å². The van der Waals surface area contributed by atoms with Gasteiger partial charge in [-0.25, -0.2) is 8.42 Å². The Hall–Kier alpha value is -0.990. The summed E-state index contributed by atoms with van der Waals surface area (Å²) in [5.41, 5.74) is 0. The zero-order valence-corrected chi connectivity index (χ0v) is 11.9. The molecular weight excluding hydrogens is 276 g/mol. The van der Waals surface area contributed by atoms with Gasteiger partial charge in [0.15, 0.2) is 10.4 Å². The monoisotopic (exact) mass is 290 g/mol. The van der Waals surface area contributed by atoms with Gasteiger partial charge in [0.25, 0.3) is 10.0 Å². The zero-order chi connectivity index (χ0) is 13.3. The van der Waals surface area contributed by atoms with Crippen LogP contribution in [0.15, 0.2) is 22.1 Å². The van der Waals surface area contributed by atoms with Crippen LogP contribution in [0.4, 0.5) is 5.82 Å². The number of sulfonamides is 1. The van der Waals surface area contributed by atoms with Gasteiger partial charge in [0.2, 0.25) is 0 Å². The molecule has 1 aromatic heterocycles. The largest absolute Gasteiger partial charge is 0.375 e. The zero-order valence-electron chi connectivity index (χ0n) is 10.2. The van der Waals surface area contributed by atoms with E-state index in [-0.39, 0.29) is 5.82 Å². The van der Waals surface area contributed by atoms with Crippen molar-refractivity contribution < 1.29 is 17.7 Å². The normalized spacial score (nSPS) is 23.5. The summed E-state index contributed by atoms with van der Waals surface area (Å²) in [6, 6.07) is 1.58. The molecule has 0 saturated carbocycles. The molecule has 8 heteroatoms. The molecule has 0 spiro atoms. The lowest BCUT2D eigenvalue weighted by Gasteiger charge is -2.23. The highest BCUT2D eigenvalue weighted by Gasteiger charge is 2.39. The van der Waals surface area contributed by atoms with Crippen LogP contribution < -0.4 is 4.31 Å². The number of hydrogen-bond donors (Lipinski definition) is 0. The van der Waals surface area contributed by atoms with Crippen molar-refractivity contribution in [1.82, 2.24) is 5.16 Å². The second kappa shape index (κ2) is 4.94. The van der Waals surface area contributed by atoms with E-state index < -0.39 is 20.7 Å². The molecule has 0 radical (unpaired) electrons. The molecule has 1 aliphatic heterocycles. The van der Waals surface area contributed by atoms with Crippen molar-refractivity contribution in [2.45, 2.75) is 17.6 Å². The van der Waals surface area contributed by atoms with Gasteiger partial charge in [-0.1, -0.05) is 5.16 Å². The number of thioether (sulfide) groups is 1. The molecule has 2 atom stereocenters. The first-order valence-electron chi connectivity index (χ1n) is 5.23. The molecule has 100 valence electrons. The summed E-state index contributed by atoms with van der Waals surface area (Å²) in [7, 11) is -0.607. The van der Waals surface area contributed by atoms with Gasteiger partial charge in [0.1, 0.15) is 11.9 Å². The van der Waals surface area contributed by atoms with E-state index in [4.69, 9.17) is 9.26 Å². The van der Waals surface area contributed by atoms with Gasteiger partial charge in [-0.15, -0.1) is 11.8 Å². The van der Waals surface area contributed by atoms with E-state index in [0.717, 1.165) is 4.31 Å². The number of hydrogen-bond acceptors (Lipinski definition) is 6. The molecule has 0 amide bonds. The molecule has 18 heavy (non-hydrogen) atoms. The first-order chi connectivity index (χ1) is 8.46. The Morgan fingerprint density at radius 2 is 2.28 bits per heavy atom.